The molecule has 0 amide bonds. The first-order chi connectivity index (χ1) is 7.50. The minimum absolute atomic E-state index is 0.517. The van der Waals surface area contributed by atoms with E-state index in [9.17, 15) is 8.42 Å². The highest BCUT2D eigenvalue weighted by molar-refractivity contribution is 7.98. The van der Waals surface area contributed by atoms with Gasteiger partial charge < -0.3 is 0 Å². The second kappa shape index (κ2) is 4.39. The van der Waals surface area contributed by atoms with Gasteiger partial charge >= 0.3 is 0 Å². The molecule has 0 fully saturated rings. The number of thioether (sulfide) groups is 1. The SMILES string of the molecule is CSc1ccc2c(c1)CCN(S(C)(=O)=O)C2. The lowest BCUT2D eigenvalue weighted by Crippen LogP contribution is -2.35. The minimum Gasteiger partial charge on any atom is -0.212 e. The van der Waals surface area contributed by atoms with Gasteiger partial charge in [-0.05, 0) is 35.9 Å². The third kappa shape index (κ3) is 2.42. The van der Waals surface area contributed by atoms with Gasteiger partial charge in [0.1, 0.15) is 0 Å². The van der Waals surface area contributed by atoms with E-state index in [2.05, 4.69) is 12.1 Å². The largest absolute Gasteiger partial charge is 0.212 e. The van der Waals surface area contributed by atoms with Crippen LogP contribution in [0.5, 0.6) is 0 Å². The molecule has 16 heavy (non-hydrogen) atoms. The molecule has 0 aromatic heterocycles. The Labute approximate surface area is 101 Å². The average molecular weight is 257 g/mol. The molecule has 1 aromatic rings. The summed E-state index contributed by atoms with van der Waals surface area (Å²) in [6.07, 6.45) is 4.14. The first-order valence-corrected chi connectivity index (χ1v) is 8.19. The van der Waals surface area contributed by atoms with Crippen molar-refractivity contribution < 1.29 is 8.42 Å². The molecule has 88 valence electrons. The van der Waals surface area contributed by atoms with Crippen LogP contribution in [-0.2, 0) is 23.0 Å². The van der Waals surface area contributed by atoms with Crippen molar-refractivity contribution in [3.63, 3.8) is 0 Å². The van der Waals surface area contributed by atoms with Crippen molar-refractivity contribution in [1.29, 1.82) is 0 Å². The van der Waals surface area contributed by atoms with Crippen LogP contribution in [0.3, 0.4) is 0 Å². The van der Waals surface area contributed by atoms with Gasteiger partial charge in [-0.2, -0.15) is 4.31 Å². The first kappa shape index (κ1) is 12.0. The maximum Gasteiger partial charge on any atom is 0.211 e. The van der Waals surface area contributed by atoms with E-state index in [1.165, 1.54) is 21.0 Å². The molecule has 1 aromatic carbocycles. The number of nitrogens with zero attached hydrogens (tertiary/aromatic N) is 1. The zero-order chi connectivity index (χ0) is 11.8. The second-order valence-corrected chi connectivity index (χ2v) is 6.84. The van der Waals surface area contributed by atoms with Gasteiger partial charge in [-0.15, -0.1) is 11.8 Å². The summed E-state index contributed by atoms with van der Waals surface area (Å²) in [6.45, 7) is 1.12. The smallest absolute Gasteiger partial charge is 0.211 e. The number of sulfonamides is 1. The van der Waals surface area contributed by atoms with Crippen LogP contribution < -0.4 is 0 Å². The van der Waals surface area contributed by atoms with Crippen LogP contribution in [0.4, 0.5) is 0 Å². The molecule has 1 heterocycles. The number of rotatable bonds is 2. The van der Waals surface area contributed by atoms with E-state index in [4.69, 9.17) is 0 Å². The summed E-state index contributed by atoms with van der Waals surface area (Å²) in [5.41, 5.74) is 2.42. The fourth-order valence-electron chi connectivity index (χ4n) is 1.91. The molecule has 1 aliphatic rings. The van der Waals surface area contributed by atoms with Crippen LogP contribution in [0.2, 0.25) is 0 Å². The molecule has 0 unspecified atom stereocenters. The fraction of sp³-hybridized carbons (Fsp3) is 0.455. The lowest BCUT2D eigenvalue weighted by Gasteiger charge is -2.26. The van der Waals surface area contributed by atoms with E-state index in [-0.39, 0.29) is 0 Å². The Hall–Kier alpha value is -0.520. The van der Waals surface area contributed by atoms with Crippen molar-refractivity contribution in [3.05, 3.63) is 29.3 Å². The average Bonchev–Trinajstić information content (AvgIpc) is 2.26. The van der Waals surface area contributed by atoms with Gasteiger partial charge in [-0.25, -0.2) is 8.42 Å². The number of benzene rings is 1. The standard InChI is InChI=1S/C11H15NO2S2/c1-15-11-4-3-10-8-12(16(2,13)14)6-5-9(10)7-11/h3-4,7H,5-6,8H2,1-2H3. The molecule has 0 saturated heterocycles. The fourth-order valence-corrected chi connectivity index (χ4v) is 3.17. The number of hydrogen-bond acceptors (Lipinski definition) is 3. The van der Waals surface area contributed by atoms with Crippen molar-refractivity contribution in [2.75, 3.05) is 19.1 Å². The highest BCUT2D eigenvalue weighted by Crippen LogP contribution is 2.25. The van der Waals surface area contributed by atoms with E-state index >= 15 is 0 Å². The molecule has 2 rings (SSSR count). The predicted molar refractivity (Wildman–Crippen MR) is 67.2 cm³/mol. The zero-order valence-corrected chi connectivity index (χ0v) is 11.1. The Kier molecular flexibility index (Phi) is 3.28. The normalized spacial score (nSPS) is 17.1. The molecule has 3 nitrogen and oxygen atoms in total. The molecule has 0 spiro atoms. The van der Waals surface area contributed by atoms with Crippen LogP contribution in [0, 0.1) is 0 Å². The highest BCUT2D eigenvalue weighted by atomic mass is 32.2. The Bertz CT molecular complexity index is 497. The molecular weight excluding hydrogens is 242 g/mol. The quantitative estimate of drug-likeness (QED) is 0.757. The van der Waals surface area contributed by atoms with Crippen molar-refractivity contribution >= 4 is 21.8 Å². The number of hydrogen-bond donors (Lipinski definition) is 0. The van der Waals surface area contributed by atoms with Crippen LogP contribution in [0.15, 0.2) is 23.1 Å². The first-order valence-electron chi connectivity index (χ1n) is 5.11. The van der Waals surface area contributed by atoms with E-state index < -0.39 is 10.0 Å². The van der Waals surface area contributed by atoms with Gasteiger partial charge in [0.15, 0.2) is 0 Å². The van der Waals surface area contributed by atoms with Gasteiger partial charge in [-0.3, -0.25) is 0 Å². The topological polar surface area (TPSA) is 37.4 Å². The minimum atomic E-state index is -3.06. The third-order valence-electron chi connectivity index (χ3n) is 2.86. The maximum atomic E-state index is 11.4. The lowest BCUT2D eigenvalue weighted by molar-refractivity contribution is 0.394. The molecule has 0 saturated carbocycles. The summed E-state index contributed by atoms with van der Waals surface area (Å²) in [7, 11) is -3.06. The van der Waals surface area contributed by atoms with Crippen LogP contribution in [0.25, 0.3) is 0 Å². The maximum absolute atomic E-state index is 11.4. The molecular formula is C11H15NO2S2. The van der Waals surface area contributed by atoms with Crippen molar-refractivity contribution in [2.24, 2.45) is 0 Å². The molecule has 0 atom stereocenters. The third-order valence-corrected chi connectivity index (χ3v) is 4.83. The highest BCUT2D eigenvalue weighted by Gasteiger charge is 2.22. The Morgan fingerprint density at radius 1 is 1.31 bits per heavy atom. The summed E-state index contributed by atoms with van der Waals surface area (Å²) in [5, 5.41) is 0. The van der Waals surface area contributed by atoms with Crippen LogP contribution >= 0.6 is 11.8 Å². The summed E-state index contributed by atoms with van der Waals surface area (Å²) in [5.74, 6) is 0. The second-order valence-electron chi connectivity index (χ2n) is 3.98. The molecule has 0 radical (unpaired) electrons. The van der Waals surface area contributed by atoms with Gasteiger partial charge in [0.2, 0.25) is 10.0 Å². The molecule has 1 aliphatic heterocycles. The monoisotopic (exact) mass is 257 g/mol. The van der Waals surface area contributed by atoms with E-state index in [1.807, 2.05) is 12.3 Å². The Balaban J connectivity index is 2.29. The summed E-state index contributed by atoms with van der Waals surface area (Å²) < 4.78 is 24.4. The van der Waals surface area contributed by atoms with Gasteiger partial charge in [0, 0.05) is 18.0 Å². The molecule has 0 bridgehead atoms. The molecule has 5 heteroatoms. The van der Waals surface area contributed by atoms with E-state index in [0.29, 0.717) is 13.1 Å². The predicted octanol–water partition coefficient (Wildman–Crippen LogP) is 1.73. The van der Waals surface area contributed by atoms with E-state index in [0.717, 1.165) is 12.0 Å². The molecule has 0 aliphatic carbocycles. The summed E-state index contributed by atoms with van der Waals surface area (Å²) in [6, 6.07) is 6.26. The lowest BCUT2D eigenvalue weighted by atomic mass is 10.0. The Morgan fingerprint density at radius 3 is 2.69 bits per heavy atom. The van der Waals surface area contributed by atoms with Crippen LogP contribution in [0.1, 0.15) is 11.1 Å². The summed E-state index contributed by atoms with van der Waals surface area (Å²) in [4.78, 5) is 1.24. The van der Waals surface area contributed by atoms with Crippen molar-refractivity contribution in [3.8, 4) is 0 Å². The summed E-state index contributed by atoms with van der Waals surface area (Å²) >= 11 is 1.72. The van der Waals surface area contributed by atoms with Crippen molar-refractivity contribution in [1.82, 2.24) is 4.31 Å². The van der Waals surface area contributed by atoms with Crippen LogP contribution in [-0.4, -0.2) is 31.8 Å². The Morgan fingerprint density at radius 2 is 2.06 bits per heavy atom. The van der Waals surface area contributed by atoms with Gasteiger partial charge in [-0.1, -0.05) is 6.07 Å². The van der Waals surface area contributed by atoms with Crippen molar-refractivity contribution in [2.45, 2.75) is 17.9 Å². The number of fused-ring (bicyclic) bond motifs is 1. The van der Waals surface area contributed by atoms with Gasteiger partial charge in [0.25, 0.3) is 0 Å². The molecule has 0 N–H and O–H groups in total. The van der Waals surface area contributed by atoms with Gasteiger partial charge in [0.05, 0.1) is 6.26 Å². The zero-order valence-electron chi connectivity index (χ0n) is 9.43. The van der Waals surface area contributed by atoms with E-state index in [1.54, 1.807) is 11.8 Å².